The molecule has 0 amide bonds. The van der Waals surface area contributed by atoms with E-state index in [4.69, 9.17) is 9.47 Å². The summed E-state index contributed by atoms with van der Waals surface area (Å²) in [5, 5.41) is 1.77. The van der Waals surface area contributed by atoms with Crippen LogP contribution in [0.25, 0.3) is 16.5 Å². The summed E-state index contributed by atoms with van der Waals surface area (Å²) in [6.07, 6.45) is -0.551. The minimum absolute atomic E-state index is 0.340. The number of rotatable bonds is 1. The molecule has 0 bridgehead atoms. The first kappa shape index (κ1) is 15.1. The molecule has 24 heavy (non-hydrogen) atoms. The summed E-state index contributed by atoms with van der Waals surface area (Å²) in [6, 6.07) is 9.62. The van der Waals surface area contributed by atoms with E-state index in [1.165, 1.54) is 7.11 Å². The lowest BCUT2D eigenvalue weighted by Crippen LogP contribution is -2.38. The van der Waals surface area contributed by atoms with Crippen LogP contribution >= 0.6 is 0 Å². The Morgan fingerprint density at radius 1 is 1.04 bits per heavy atom. The van der Waals surface area contributed by atoms with Crippen LogP contribution in [0.3, 0.4) is 0 Å². The first-order valence-corrected chi connectivity index (χ1v) is 7.94. The summed E-state index contributed by atoms with van der Waals surface area (Å²) in [5.74, 6) is -0.526. The van der Waals surface area contributed by atoms with Gasteiger partial charge in [-0.05, 0) is 43.2 Å². The SMILES string of the molecule is COC1C2=C(OC1(C)C)c1ccc3c(C)cccc3c1C(=O)C2=O. The van der Waals surface area contributed by atoms with E-state index in [1.807, 2.05) is 51.1 Å². The van der Waals surface area contributed by atoms with E-state index in [9.17, 15) is 9.59 Å². The summed E-state index contributed by atoms with van der Waals surface area (Å²) < 4.78 is 11.5. The van der Waals surface area contributed by atoms with Gasteiger partial charge in [-0.15, -0.1) is 0 Å². The highest BCUT2D eigenvalue weighted by molar-refractivity contribution is 6.54. The number of methoxy groups -OCH3 is 1. The summed E-state index contributed by atoms with van der Waals surface area (Å²) in [5.41, 5.74) is 1.83. The molecule has 0 radical (unpaired) electrons. The first-order valence-electron chi connectivity index (χ1n) is 7.94. The van der Waals surface area contributed by atoms with Gasteiger partial charge in [0.05, 0.1) is 5.57 Å². The summed E-state index contributed by atoms with van der Waals surface area (Å²) in [6.45, 7) is 5.72. The first-order chi connectivity index (χ1) is 11.4. The van der Waals surface area contributed by atoms with E-state index < -0.39 is 23.3 Å². The van der Waals surface area contributed by atoms with Crippen molar-refractivity contribution in [2.75, 3.05) is 7.11 Å². The van der Waals surface area contributed by atoms with Crippen LogP contribution in [0.15, 0.2) is 35.9 Å². The van der Waals surface area contributed by atoms with E-state index in [1.54, 1.807) is 0 Å². The van der Waals surface area contributed by atoms with Gasteiger partial charge >= 0.3 is 0 Å². The zero-order valence-electron chi connectivity index (χ0n) is 14.1. The smallest absolute Gasteiger partial charge is 0.236 e. The van der Waals surface area contributed by atoms with Crippen molar-refractivity contribution in [2.45, 2.75) is 32.5 Å². The van der Waals surface area contributed by atoms with Gasteiger partial charge in [0.1, 0.15) is 17.5 Å². The average molecular weight is 322 g/mol. The maximum atomic E-state index is 12.9. The standard InChI is InChI=1S/C20H18O4/c1-10-6-5-7-12-11(10)8-9-13-14(12)16(21)17(22)15-18(13)24-20(2,3)19(15)23-4/h5-9,19H,1-4H3. The molecule has 1 aliphatic heterocycles. The third kappa shape index (κ3) is 1.77. The minimum atomic E-state index is -0.696. The predicted molar refractivity (Wildman–Crippen MR) is 90.9 cm³/mol. The average Bonchev–Trinajstić information content (AvgIpc) is 2.82. The van der Waals surface area contributed by atoms with E-state index in [0.29, 0.717) is 22.5 Å². The molecule has 1 atom stereocenters. The Labute approximate surface area is 140 Å². The number of aryl methyl sites for hydroxylation is 1. The van der Waals surface area contributed by atoms with Gasteiger partial charge in [0.2, 0.25) is 11.6 Å². The van der Waals surface area contributed by atoms with Crippen LogP contribution < -0.4 is 0 Å². The monoisotopic (exact) mass is 322 g/mol. The molecule has 122 valence electrons. The molecule has 2 aliphatic rings. The molecule has 0 saturated carbocycles. The Morgan fingerprint density at radius 2 is 1.79 bits per heavy atom. The Kier molecular flexibility index (Phi) is 3.00. The van der Waals surface area contributed by atoms with Gasteiger partial charge < -0.3 is 9.47 Å². The van der Waals surface area contributed by atoms with E-state index in [-0.39, 0.29) is 0 Å². The second kappa shape index (κ2) is 4.77. The number of Topliss-reactive ketones (excluding diaryl/α,β-unsaturated/α-hetero) is 2. The molecule has 0 saturated heterocycles. The largest absolute Gasteiger partial charge is 0.484 e. The van der Waals surface area contributed by atoms with Gasteiger partial charge in [-0.2, -0.15) is 0 Å². The number of hydrogen-bond donors (Lipinski definition) is 0. The topological polar surface area (TPSA) is 52.6 Å². The lowest BCUT2D eigenvalue weighted by Gasteiger charge is -2.26. The van der Waals surface area contributed by atoms with Gasteiger partial charge in [0.25, 0.3) is 0 Å². The zero-order chi connectivity index (χ0) is 17.2. The third-order valence-corrected chi connectivity index (χ3v) is 4.94. The van der Waals surface area contributed by atoms with Crippen LogP contribution in [0.2, 0.25) is 0 Å². The summed E-state index contributed by atoms with van der Waals surface area (Å²) >= 11 is 0. The second-order valence-electron chi connectivity index (χ2n) is 6.88. The maximum Gasteiger partial charge on any atom is 0.236 e. The fourth-order valence-corrected chi connectivity index (χ4v) is 3.85. The van der Waals surface area contributed by atoms with E-state index in [2.05, 4.69) is 0 Å². The fraction of sp³-hybridized carbons (Fsp3) is 0.300. The number of carbonyl (C=O) groups is 2. The molecule has 1 unspecified atom stereocenters. The van der Waals surface area contributed by atoms with Crippen LogP contribution in [0.5, 0.6) is 0 Å². The Bertz CT molecular complexity index is 950. The fourth-order valence-electron chi connectivity index (χ4n) is 3.85. The predicted octanol–water partition coefficient (Wildman–Crippen LogP) is 3.45. The van der Waals surface area contributed by atoms with Crippen LogP contribution in [0.1, 0.15) is 35.3 Å². The molecule has 4 heteroatoms. The minimum Gasteiger partial charge on any atom is -0.484 e. The van der Waals surface area contributed by atoms with Crippen molar-refractivity contribution in [3.8, 4) is 0 Å². The number of carbonyl (C=O) groups excluding carboxylic acids is 2. The lowest BCUT2D eigenvalue weighted by molar-refractivity contribution is -0.113. The zero-order valence-corrected chi connectivity index (χ0v) is 14.1. The van der Waals surface area contributed by atoms with Crippen LogP contribution in [0.4, 0.5) is 0 Å². The maximum absolute atomic E-state index is 12.9. The molecule has 4 nitrogen and oxygen atoms in total. The van der Waals surface area contributed by atoms with Gasteiger partial charge in [-0.25, -0.2) is 0 Å². The lowest BCUT2D eigenvalue weighted by atomic mass is 9.82. The van der Waals surface area contributed by atoms with Crippen molar-refractivity contribution in [3.63, 3.8) is 0 Å². The highest BCUT2D eigenvalue weighted by Gasteiger charge is 2.51. The van der Waals surface area contributed by atoms with Crippen molar-refractivity contribution in [1.82, 2.24) is 0 Å². The van der Waals surface area contributed by atoms with Crippen LogP contribution in [0, 0.1) is 6.92 Å². The number of benzene rings is 2. The molecule has 1 heterocycles. The van der Waals surface area contributed by atoms with Gasteiger partial charge in [0, 0.05) is 18.2 Å². The van der Waals surface area contributed by atoms with Crippen LogP contribution in [-0.4, -0.2) is 30.4 Å². The highest BCUT2D eigenvalue weighted by atomic mass is 16.6. The molecule has 2 aromatic rings. The van der Waals surface area contributed by atoms with Gasteiger partial charge in [0.15, 0.2) is 0 Å². The van der Waals surface area contributed by atoms with Crippen LogP contribution in [-0.2, 0) is 14.3 Å². The molecule has 1 aliphatic carbocycles. The van der Waals surface area contributed by atoms with E-state index >= 15 is 0 Å². The van der Waals surface area contributed by atoms with Crippen molar-refractivity contribution < 1.29 is 19.1 Å². The van der Waals surface area contributed by atoms with E-state index in [0.717, 1.165) is 16.3 Å². The summed E-state index contributed by atoms with van der Waals surface area (Å²) in [7, 11) is 1.53. The second-order valence-corrected chi connectivity index (χ2v) is 6.88. The normalized spacial score (nSPS) is 21.8. The molecular formula is C20H18O4. The van der Waals surface area contributed by atoms with Crippen molar-refractivity contribution in [3.05, 3.63) is 52.6 Å². The van der Waals surface area contributed by atoms with Gasteiger partial charge in [-0.3, -0.25) is 9.59 Å². The van der Waals surface area contributed by atoms with Gasteiger partial charge in [-0.1, -0.05) is 24.3 Å². The number of hydrogen-bond acceptors (Lipinski definition) is 4. The van der Waals surface area contributed by atoms with Crippen molar-refractivity contribution >= 4 is 28.1 Å². The Hall–Kier alpha value is -2.46. The highest BCUT2D eigenvalue weighted by Crippen LogP contribution is 2.46. The third-order valence-electron chi connectivity index (χ3n) is 4.94. The Morgan fingerprint density at radius 3 is 2.50 bits per heavy atom. The van der Waals surface area contributed by atoms with Crippen molar-refractivity contribution in [1.29, 1.82) is 0 Å². The Balaban J connectivity index is 2.07. The number of fused-ring (bicyclic) bond motifs is 4. The molecule has 0 fully saturated rings. The summed E-state index contributed by atoms with van der Waals surface area (Å²) in [4.78, 5) is 25.6. The molecule has 0 aromatic heterocycles. The number of ketones is 2. The molecule has 4 rings (SSSR count). The molecular weight excluding hydrogens is 304 g/mol. The molecule has 0 spiro atoms. The number of ether oxygens (including phenoxy) is 2. The quantitative estimate of drug-likeness (QED) is 0.755. The van der Waals surface area contributed by atoms with Crippen molar-refractivity contribution in [2.24, 2.45) is 0 Å². The molecule has 0 N–H and O–H groups in total. The molecule has 2 aromatic carbocycles.